The molecule has 2 aliphatic carbocycles. The van der Waals surface area contributed by atoms with E-state index in [0.717, 1.165) is 32.5 Å². The molecule has 3 aliphatic rings. The van der Waals surface area contributed by atoms with Crippen molar-refractivity contribution in [3.8, 4) is 0 Å². The lowest BCUT2D eigenvalue weighted by Crippen LogP contribution is -2.49. The predicted octanol–water partition coefficient (Wildman–Crippen LogP) is 0.734. The highest BCUT2D eigenvalue weighted by atomic mass is 16.3. The SMILES string of the molecule is OCC1(NC2CC2)CCC(N2CCn3ccnc3C2)C1. The van der Waals surface area contributed by atoms with Gasteiger partial charge in [0.15, 0.2) is 0 Å². The second-order valence-corrected chi connectivity index (χ2v) is 6.76. The van der Waals surface area contributed by atoms with Crippen LogP contribution in [-0.2, 0) is 13.1 Å². The van der Waals surface area contributed by atoms with Gasteiger partial charge in [-0.2, -0.15) is 0 Å². The first kappa shape index (κ1) is 12.8. The van der Waals surface area contributed by atoms with Gasteiger partial charge in [0.25, 0.3) is 0 Å². The van der Waals surface area contributed by atoms with Crippen molar-refractivity contribution in [1.82, 2.24) is 19.8 Å². The molecular weight excluding hydrogens is 252 g/mol. The number of aliphatic hydroxyl groups is 1. The zero-order chi connectivity index (χ0) is 13.6. The average molecular weight is 276 g/mol. The van der Waals surface area contributed by atoms with E-state index in [0.29, 0.717) is 12.1 Å². The molecule has 2 atom stereocenters. The third-order valence-corrected chi connectivity index (χ3v) is 5.26. The molecule has 2 saturated carbocycles. The highest BCUT2D eigenvalue weighted by Crippen LogP contribution is 2.37. The van der Waals surface area contributed by atoms with Crippen LogP contribution in [0, 0.1) is 0 Å². The van der Waals surface area contributed by atoms with Crippen LogP contribution in [-0.4, -0.2) is 50.3 Å². The smallest absolute Gasteiger partial charge is 0.122 e. The van der Waals surface area contributed by atoms with Gasteiger partial charge in [-0.3, -0.25) is 4.90 Å². The van der Waals surface area contributed by atoms with Crippen molar-refractivity contribution in [2.24, 2.45) is 0 Å². The molecule has 0 radical (unpaired) electrons. The van der Waals surface area contributed by atoms with Crippen molar-refractivity contribution in [3.63, 3.8) is 0 Å². The van der Waals surface area contributed by atoms with Crippen LogP contribution in [0.4, 0.5) is 0 Å². The standard InChI is InChI=1S/C15H24N4O/c20-11-15(17-12-1-2-12)4-3-13(9-15)19-8-7-18-6-5-16-14(18)10-19/h5-6,12-13,17,20H,1-4,7-11H2. The zero-order valence-corrected chi connectivity index (χ0v) is 12.0. The summed E-state index contributed by atoms with van der Waals surface area (Å²) in [5.74, 6) is 1.19. The normalized spacial score (nSPS) is 34.4. The van der Waals surface area contributed by atoms with Crippen molar-refractivity contribution in [2.75, 3.05) is 13.2 Å². The molecule has 110 valence electrons. The summed E-state index contributed by atoms with van der Waals surface area (Å²) in [6, 6.07) is 1.26. The maximum absolute atomic E-state index is 9.84. The molecular formula is C15H24N4O. The van der Waals surface area contributed by atoms with Crippen LogP contribution in [0.2, 0.25) is 0 Å². The third kappa shape index (κ3) is 2.28. The molecule has 1 aromatic rings. The van der Waals surface area contributed by atoms with Gasteiger partial charge in [0.2, 0.25) is 0 Å². The highest BCUT2D eigenvalue weighted by Gasteiger charge is 2.44. The van der Waals surface area contributed by atoms with Crippen LogP contribution in [0.5, 0.6) is 0 Å². The van der Waals surface area contributed by atoms with Crippen LogP contribution in [0.25, 0.3) is 0 Å². The summed E-state index contributed by atoms with van der Waals surface area (Å²) in [5, 5.41) is 13.5. The lowest BCUT2D eigenvalue weighted by molar-refractivity contribution is 0.124. The minimum absolute atomic E-state index is 0.0152. The molecule has 0 aromatic carbocycles. The van der Waals surface area contributed by atoms with Gasteiger partial charge in [-0.25, -0.2) is 4.98 Å². The van der Waals surface area contributed by atoms with E-state index in [1.807, 2.05) is 6.20 Å². The second kappa shape index (κ2) is 4.83. The van der Waals surface area contributed by atoms with Gasteiger partial charge >= 0.3 is 0 Å². The van der Waals surface area contributed by atoms with Crippen LogP contribution in [0.15, 0.2) is 12.4 Å². The van der Waals surface area contributed by atoms with Crippen molar-refractivity contribution in [2.45, 2.75) is 62.8 Å². The molecule has 0 bridgehead atoms. The number of rotatable bonds is 4. The van der Waals surface area contributed by atoms with Crippen molar-refractivity contribution < 1.29 is 5.11 Å². The molecule has 0 amide bonds. The Morgan fingerprint density at radius 2 is 2.25 bits per heavy atom. The van der Waals surface area contributed by atoms with Crippen molar-refractivity contribution >= 4 is 0 Å². The summed E-state index contributed by atoms with van der Waals surface area (Å²) in [5.41, 5.74) is -0.0152. The molecule has 20 heavy (non-hydrogen) atoms. The monoisotopic (exact) mass is 276 g/mol. The molecule has 2 N–H and O–H groups in total. The van der Waals surface area contributed by atoms with Gasteiger partial charge in [-0.15, -0.1) is 0 Å². The van der Waals surface area contributed by atoms with Crippen molar-refractivity contribution in [1.29, 1.82) is 0 Å². The van der Waals surface area contributed by atoms with Gasteiger partial charge in [-0.1, -0.05) is 0 Å². The summed E-state index contributed by atoms with van der Waals surface area (Å²) in [6.45, 7) is 3.40. The lowest BCUT2D eigenvalue weighted by atomic mass is 9.98. The largest absolute Gasteiger partial charge is 0.394 e. The quantitative estimate of drug-likeness (QED) is 0.851. The molecule has 2 heterocycles. The van der Waals surface area contributed by atoms with E-state index in [4.69, 9.17) is 0 Å². The van der Waals surface area contributed by atoms with E-state index in [2.05, 4.69) is 26.0 Å². The number of aliphatic hydroxyl groups excluding tert-OH is 1. The minimum Gasteiger partial charge on any atom is -0.394 e. The number of fused-ring (bicyclic) bond motifs is 1. The fraction of sp³-hybridized carbons (Fsp3) is 0.800. The number of aromatic nitrogens is 2. The van der Waals surface area contributed by atoms with Crippen molar-refractivity contribution in [3.05, 3.63) is 18.2 Å². The Labute approximate surface area is 120 Å². The zero-order valence-electron chi connectivity index (χ0n) is 12.0. The fourth-order valence-electron chi connectivity index (χ4n) is 3.89. The van der Waals surface area contributed by atoms with Gasteiger partial charge in [0.1, 0.15) is 5.82 Å². The summed E-state index contributed by atoms with van der Waals surface area (Å²) < 4.78 is 2.26. The first-order valence-corrected chi connectivity index (χ1v) is 7.91. The maximum atomic E-state index is 9.84. The molecule has 1 aromatic heterocycles. The Morgan fingerprint density at radius 1 is 1.35 bits per heavy atom. The van der Waals surface area contributed by atoms with Gasteiger partial charge in [0, 0.05) is 43.1 Å². The number of hydrogen-bond donors (Lipinski definition) is 2. The Balaban J connectivity index is 1.43. The predicted molar refractivity (Wildman–Crippen MR) is 76.3 cm³/mol. The van der Waals surface area contributed by atoms with Gasteiger partial charge in [0.05, 0.1) is 13.2 Å². The van der Waals surface area contributed by atoms with Crippen LogP contribution in [0.1, 0.15) is 37.9 Å². The van der Waals surface area contributed by atoms with Gasteiger partial charge < -0.3 is 15.0 Å². The summed E-state index contributed by atoms with van der Waals surface area (Å²) >= 11 is 0. The summed E-state index contributed by atoms with van der Waals surface area (Å²) in [7, 11) is 0. The molecule has 4 rings (SSSR count). The first-order chi connectivity index (χ1) is 9.78. The van der Waals surface area contributed by atoms with E-state index in [-0.39, 0.29) is 12.1 Å². The molecule has 0 spiro atoms. The fourth-order valence-corrected chi connectivity index (χ4v) is 3.89. The second-order valence-electron chi connectivity index (χ2n) is 6.76. The Kier molecular flexibility index (Phi) is 3.09. The number of imidazole rings is 1. The number of nitrogens with one attached hydrogen (secondary N) is 1. The van der Waals surface area contributed by atoms with E-state index in [9.17, 15) is 5.11 Å². The average Bonchev–Trinajstić information content (AvgIpc) is 3.01. The molecule has 5 heteroatoms. The van der Waals surface area contributed by atoms with Crippen LogP contribution >= 0.6 is 0 Å². The molecule has 5 nitrogen and oxygen atoms in total. The van der Waals surface area contributed by atoms with E-state index >= 15 is 0 Å². The summed E-state index contributed by atoms with van der Waals surface area (Å²) in [4.78, 5) is 7.01. The Morgan fingerprint density at radius 3 is 3.05 bits per heavy atom. The van der Waals surface area contributed by atoms with E-state index < -0.39 is 0 Å². The minimum atomic E-state index is -0.0152. The maximum Gasteiger partial charge on any atom is 0.122 e. The Bertz CT molecular complexity index is 484. The topological polar surface area (TPSA) is 53.3 Å². The first-order valence-electron chi connectivity index (χ1n) is 7.91. The number of nitrogens with zero attached hydrogens (tertiary/aromatic N) is 3. The molecule has 2 unspecified atom stereocenters. The molecule has 2 fully saturated rings. The highest BCUT2D eigenvalue weighted by molar-refractivity contribution is 5.05. The molecule has 1 aliphatic heterocycles. The number of hydrogen-bond acceptors (Lipinski definition) is 4. The Hall–Kier alpha value is -0.910. The third-order valence-electron chi connectivity index (χ3n) is 5.26. The van der Waals surface area contributed by atoms with Gasteiger partial charge in [-0.05, 0) is 32.1 Å². The molecule has 0 saturated heterocycles. The van der Waals surface area contributed by atoms with Crippen LogP contribution in [0.3, 0.4) is 0 Å². The van der Waals surface area contributed by atoms with E-state index in [1.165, 1.54) is 25.1 Å². The lowest BCUT2D eigenvalue weighted by Gasteiger charge is -2.34. The van der Waals surface area contributed by atoms with Crippen LogP contribution < -0.4 is 5.32 Å². The van der Waals surface area contributed by atoms with E-state index in [1.54, 1.807) is 0 Å². The summed E-state index contributed by atoms with van der Waals surface area (Å²) in [6.07, 6.45) is 9.94.